The molecule has 0 aliphatic carbocycles. The normalized spacial score (nSPS) is 12.5. The number of amides is 1. The van der Waals surface area contributed by atoms with Gasteiger partial charge in [0.1, 0.15) is 0 Å². The van der Waals surface area contributed by atoms with Crippen molar-refractivity contribution in [3.8, 4) is 0 Å². The third-order valence-electron chi connectivity index (χ3n) is 2.92. The lowest BCUT2D eigenvalue weighted by Gasteiger charge is -2.11. The van der Waals surface area contributed by atoms with E-state index in [1.165, 1.54) is 5.56 Å². The number of benzene rings is 1. The molecule has 1 amide bonds. The second kappa shape index (κ2) is 9.34. The molecule has 0 saturated heterocycles. The van der Waals surface area contributed by atoms with E-state index >= 15 is 0 Å². The minimum absolute atomic E-state index is 0.119. The quantitative estimate of drug-likeness (QED) is 0.705. The maximum Gasteiger partial charge on any atom is 0.221 e. The van der Waals surface area contributed by atoms with Crippen LogP contribution in [0.5, 0.6) is 0 Å². The van der Waals surface area contributed by atoms with E-state index in [4.69, 9.17) is 0 Å². The van der Waals surface area contributed by atoms with Gasteiger partial charge in [0.2, 0.25) is 5.91 Å². The van der Waals surface area contributed by atoms with E-state index in [-0.39, 0.29) is 11.9 Å². The average molecular weight is 260 g/mol. The maximum atomic E-state index is 11.5. The molecule has 104 valence electrons. The molecule has 0 fully saturated rings. The first-order valence-corrected chi connectivity index (χ1v) is 6.94. The first kappa shape index (κ1) is 15.4. The Kier molecular flexibility index (Phi) is 7.59. The minimum Gasteiger partial charge on any atom is -0.354 e. The Labute approximate surface area is 116 Å². The van der Waals surface area contributed by atoms with Crippen LogP contribution in [0.15, 0.2) is 36.4 Å². The fraction of sp³-hybridized carbons (Fsp3) is 0.438. The summed E-state index contributed by atoms with van der Waals surface area (Å²) in [5, 5.41) is 6.18. The average Bonchev–Trinajstić information content (AvgIpc) is 2.43. The van der Waals surface area contributed by atoms with Crippen molar-refractivity contribution < 1.29 is 4.79 Å². The van der Waals surface area contributed by atoms with E-state index in [1.807, 2.05) is 25.1 Å². The molecule has 3 heteroatoms. The van der Waals surface area contributed by atoms with E-state index < -0.39 is 0 Å². The second-order valence-corrected chi connectivity index (χ2v) is 4.64. The molecule has 1 atom stereocenters. The van der Waals surface area contributed by atoms with E-state index in [1.54, 1.807) is 0 Å². The van der Waals surface area contributed by atoms with E-state index in [0.29, 0.717) is 13.0 Å². The van der Waals surface area contributed by atoms with Crippen LogP contribution >= 0.6 is 0 Å². The molecule has 1 aromatic carbocycles. The van der Waals surface area contributed by atoms with E-state index in [2.05, 4.69) is 41.8 Å². The summed E-state index contributed by atoms with van der Waals surface area (Å²) in [6.45, 7) is 5.58. The van der Waals surface area contributed by atoms with Gasteiger partial charge in [0.25, 0.3) is 0 Å². The van der Waals surface area contributed by atoms with Crippen LogP contribution in [0.25, 0.3) is 6.08 Å². The van der Waals surface area contributed by atoms with Crippen molar-refractivity contribution in [2.24, 2.45) is 0 Å². The number of rotatable bonds is 8. The molecule has 0 aliphatic heterocycles. The third kappa shape index (κ3) is 7.42. The van der Waals surface area contributed by atoms with Gasteiger partial charge in [-0.1, -0.05) is 49.4 Å². The molecule has 0 saturated carbocycles. The summed E-state index contributed by atoms with van der Waals surface area (Å²) < 4.78 is 0. The second-order valence-electron chi connectivity index (χ2n) is 4.64. The smallest absolute Gasteiger partial charge is 0.221 e. The van der Waals surface area contributed by atoms with Crippen molar-refractivity contribution in [1.82, 2.24) is 10.6 Å². The Morgan fingerprint density at radius 2 is 2.05 bits per heavy atom. The molecule has 1 rings (SSSR count). The van der Waals surface area contributed by atoms with Crippen molar-refractivity contribution >= 4 is 12.0 Å². The highest BCUT2D eigenvalue weighted by Gasteiger charge is 2.03. The summed E-state index contributed by atoms with van der Waals surface area (Å²) >= 11 is 0. The summed E-state index contributed by atoms with van der Waals surface area (Å²) in [7, 11) is 0. The predicted molar refractivity (Wildman–Crippen MR) is 80.9 cm³/mol. The predicted octanol–water partition coefficient (Wildman–Crippen LogP) is 2.59. The number of carbonyl (C=O) groups excluding carboxylic acids is 1. The fourth-order valence-electron chi connectivity index (χ4n) is 1.60. The van der Waals surface area contributed by atoms with Crippen LogP contribution in [0, 0.1) is 0 Å². The van der Waals surface area contributed by atoms with Gasteiger partial charge < -0.3 is 10.6 Å². The molecule has 3 nitrogen and oxygen atoms in total. The van der Waals surface area contributed by atoms with Gasteiger partial charge in [0, 0.05) is 25.6 Å². The van der Waals surface area contributed by atoms with Crippen LogP contribution in [0.1, 0.15) is 32.3 Å². The SMILES string of the molecule is CCC(C)NC(=O)CCNCC=Cc1ccccc1. The van der Waals surface area contributed by atoms with Gasteiger partial charge in [-0.2, -0.15) is 0 Å². The largest absolute Gasteiger partial charge is 0.354 e. The first-order chi connectivity index (χ1) is 9.22. The van der Waals surface area contributed by atoms with Crippen LogP contribution in [-0.4, -0.2) is 25.0 Å². The number of hydrogen-bond donors (Lipinski definition) is 2. The molecule has 0 spiro atoms. The van der Waals surface area contributed by atoms with Crippen molar-refractivity contribution in [3.05, 3.63) is 42.0 Å². The van der Waals surface area contributed by atoms with Gasteiger partial charge in [-0.15, -0.1) is 0 Å². The van der Waals surface area contributed by atoms with Crippen LogP contribution < -0.4 is 10.6 Å². The molecule has 2 N–H and O–H groups in total. The van der Waals surface area contributed by atoms with E-state index in [0.717, 1.165) is 13.0 Å². The molecule has 1 aromatic rings. The maximum absolute atomic E-state index is 11.5. The van der Waals surface area contributed by atoms with E-state index in [9.17, 15) is 4.79 Å². The highest BCUT2D eigenvalue weighted by atomic mass is 16.1. The molecular formula is C16H24N2O. The van der Waals surface area contributed by atoms with Gasteiger partial charge in [-0.25, -0.2) is 0 Å². The Morgan fingerprint density at radius 1 is 1.32 bits per heavy atom. The zero-order valence-corrected chi connectivity index (χ0v) is 11.9. The fourth-order valence-corrected chi connectivity index (χ4v) is 1.60. The highest BCUT2D eigenvalue weighted by molar-refractivity contribution is 5.76. The molecule has 0 bridgehead atoms. The van der Waals surface area contributed by atoms with Crippen molar-refractivity contribution in [3.63, 3.8) is 0 Å². The number of carbonyl (C=O) groups is 1. The number of nitrogens with one attached hydrogen (secondary N) is 2. The summed E-state index contributed by atoms with van der Waals surface area (Å²) in [5.74, 6) is 0.119. The zero-order valence-electron chi connectivity index (χ0n) is 11.9. The summed E-state index contributed by atoms with van der Waals surface area (Å²) in [5.41, 5.74) is 1.19. The Bertz CT molecular complexity index is 387. The molecule has 0 heterocycles. The monoisotopic (exact) mass is 260 g/mol. The standard InChI is InChI=1S/C16H24N2O/c1-3-14(2)18-16(19)11-13-17-12-7-10-15-8-5-4-6-9-15/h4-10,14,17H,3,11-13H2,1-2H3,(H,18,19). The lowest BCUT2D eigenvalue weighted by Crippen LogP contribution is -2.34. The molecule has 19 heavy (non-hydrogen) atoms. The topological polar surface area (TPSA) is 41.1 Å². The van der Waals surface area contributed by atoms with Gasteiger partial charge in [-0.3, -0.25) is 4.79 Å². The highest BCUT2D eigenvalue weighted by Crippen LogP contribution is 1.99. The molecule has 0 radical (unpaired) electrons. The van der Waals surface area contributed by atoms with Crippen molar-refractivity contribution in [2.75, 3.05) is 13.1 Å². The van der Waals surface area contributed by atoms with Gasteiger partial charge in [0.05, 0.1) is 0 Å². The molecule has 0 aliphatic rings. The Hall–Kier alpha value is -1.61. The molecular weight excluding hydrogens is 236 g/mol. The number of hydrogen-bond acceptors (Lipinski definition) is 2. The van der Waals surface area contributed by atoms with Crippen LogP contribution in [-0.2, 0) is 4.79 Å². The lowest BCUT2D eigenvalue weighted by molar-refractivity contribution is -0.121. The zero-order chi connectivity index (χ0) is 13.9. The first-order valence-electron chi connectivity index (χ1n) is 6.94. The summed E-state index contributed by atoms with van der Waals surface area (Å²) in [6, 6.07) is 10.4. The molecule has 1 unspecified atom stereocenters. The molecule has 0 aromatic heterocycles. The Balaban J connectivity index is 2.08. The Morgan fingerprint density at radius 3 is 2.74 bits per heavy atom. The van der Waals surface area contributed by atoms with Gasteiger partial charge >= 0.3 is 0 Å². The summed E-state index contributed by atoms with van der Waals surface area (Å²) in [4.78, 5) is 11.5. The van der Waals surface area contributed by atoms with Crippen LogP contribution in [0.4, 0.5) is 0 Å². The van der Waals surface area contributed by atoms with Gasteiger partial charge in [-0.05, 0) is 18.9 Å². The van der Waals surface area contributed by atoms with Crippen molar-refractivity contribution in [2.45, 2.75) is 32.7 Å². The summed E-state index contributed by atoms with van der Waals surface area (Å²) in [6.07, 6.45) is 5.65. The van der Waals surface area contributed by atoms with Crippen molar-refractivity contribution in [1.29, 1.82) is 0 Å². The van der Waals surface area contributed by atoms with Crippen LogP contribution in [0.3, 0.4) is 0 Å². The minimum atomic E-state index is 0.119. The van der Waals surface area contributed by atoms with Gasteiger partial charge in [0.15, 0.2) is 0 Å². The third-order valence-corrected chi connectivity index (χ3v) is 2.92. The lowest BCUT2D eigenvalue weighted by atomic mass is 10.2. The van der Waals surface area contributed by atoms with Crippen LogP contribution in [0.2, 0.25) is 0 Å².